The van der Waals surface area contributed by atoms with Crippen LogP contribution in [0.5, 0.6) is 0 Å². The minimum atomic E-state index is -0.312. The maximum atomic E-state index is 12.8. The van der Waals surface area contributed by atoms with Crippen LogP contribution in [0.2, 0.25) is 0 Å². The molecule has 122 valence electrons. The van der Waals surface area contributed by atoms with Gasteiger partial charge in [0.1, 0.15) is 0 Å². The van der Waals surface area contributed by atoms with E-state index < -0.39 is 0 Å². The van der Waals surface area contributed by atoms with Crippen molar-refractivity contribution in [3.63, 3.8) is 0 Å². The lowest BCUT2D eigenvalue weighted by atomic mass is 9.95. The zero-order chi connectivity index (χ0) is 16.4. The molecule has 0 radical (unpaired) electrons. The highest BCUT2D eigenvalue weighted by molar-refractivity contribution is 5.76. The molecule has 1 saturated heterocycles. The van der Waals surface area contributed by atoms with E-state index in [0.29, 0.717) is 13.2 Å². The Bertz CT molecular complexity index is 506. The number of ether oxygens (including phenoxy) is 1. The summed E-state index contributed by atoms with van der Waals surface area (Å²) in [6.07, 6.45) is 0.807. The largest absolute Gasteiger partial charge is 0.377 e. The number of hydrogen-bond acceptors (Lipinski definition) is 2. The summed E-state index contributed by atoms with van der Waals surface area (Å²) in [5.41, 5.74) is 0.665. The first-order valence-corrected chi connectivity index (χ1v) is 7.92. The second-order valence-electron chi connectivity index (χ2n) is 7.72. The van der Waals surface area contributed by atoms with Gasteiger partial charge in [0.05, 0.1) is 24.8 Å². The van der Waals surface area contributed by atoms with Gasteiger partial charge in [0, 0.05) is 5.54 Å². The van der Waals surface area contributed by atoms with E-state index >= 15 is 0 Å². The highest BCUT2D eigenvalue weighted by Gasteiger charge is 2.41. The van der Waals surface area contributed by atoms with Gasteiger partial charge in [-0.05, 0) is 46.6 Å². The third kappa shape index (κ3) is 4.23. The molecule has 0 saturated carbocycles. The van der Waals surface area contributed by atoms with E-state index in [0.717, 1.165) is 6.42 Å². The monoisotopic (exact) mass is 304 g/mol. The van der Waals surface area contributed by atoms with Gasteiger partial charge in [0.2, 0.25) is 0 Å². The SMILES string of the molecule is CC(C)(C)NC(=O)N1C(Cc2ccccc2)COCC1(C)C. The number of nitrogens with zero attached hydrogens (tertiary/aromatic N) is 1. The van der Waals surface area contributed by atoms with E-state index in [-0.39, 0.29) is 23.2 Å². The van der Waals surface area contributed by atoms with Crippen LogP contribution in [-0.2, 0) is 11.2 Å². The predicted molar refractivity (Wildman–Crippen MR) is 89.0 cm³/mol. The van der Waals surface area contributed by atoms with E-state index in [4.69, 9.17) is 4.74 Å². The molecule has 22 heavy (non-hydrogen) atoms. The standard InChI is InChI=1S/C18H28N2O2/c1-17(2,3)19-16(21)20-15(12-22-13-18(20,4)5)11-14-9-7-6-8-10-14/h6-10,15H,11-13H2,1-5H3,(H,19,21). The van der Waals surface area contributed by atoms with E-state index in [1.54, 1.807) is 0 Å². The van der Waals surface area contributed by atoms with Gasteiger partial charge in [0.15, 0.2) is 0 Å². The lowest BCUT2D eigenvalue weighted by molar-refractivity contribution is -0.0647. The Morgan fingerprint density at radius 2 is 1.95 bits per heavy atom. The fourth-order valence-electron chi connectivity index (χ4n) is 2.94. The summed E-state index contributed by atoms with van der Waals surface area (Å²) in [5, 5.41) is 3.09. The molecule has 0 spiro atoms. The van der Waals surface area contributed by atoms with Crippen LogP contribution in [0.15, 0.2) is 30.3 Å². The average molecular weight is 304 g/mol. The van der Waals surface area contributed by atoms with Crippen LogP contribution in [0.3, 0.4) is 0 Å². The van der Waals surface area contributed by atoms with Crippen LogP contribution in [0.4, 0.5) is 4.79 Å². The topological polar surface area (TPSA) is 41.6 Å². The van der Waals surface area contributed by atoms with E-state index in [2.05, 4.69) is 31.3 Å². The van der Waals surface area contributed by atoms with Gasteiger partial charge in [-0.3, -0.25) is 0 Å². The van der Waals surface area contributed by atoms with E-state index in [1.165, 1.54) is 5.56 Å². The van der Waals surface area contributed by atoms with Gasteiger partial charge in [-0.15, -0.1) is 0 Å². The molecule has 0 bridgehead atoms. The normalized spacial score (nSPS) is 21.5. The quantitative estimate of drug-likeness (QED) is 0.911. The van der Waals surface area contributed by atoms with Crippen molar-refractivity contribution in [3.05, 3.63) is 35.9 Å². The van der Waals surface area contributed by atoms with Crippen LogP contribution >= 0.6 is 0 Å². The fraction of sp³-hybridized carbons (Fsp3) is 0.611. The second kappa shape index (κ2) is 6.29. The second-order valence-corrected chi connectivity index (χ2v) is 7.72. The zero-order valence-electron chi connectivity index (χ0n) is 14.3. The van der Waals surface area contributed by atoms with Gasteiger partial charge < -0.3 is 15.0 Å². The van der Waals surface area contributed by atoms with Crippen molar-refractivity contribution in [2.75, 3.05) is 13.2 Å². The summed E-state index contributed by atoms with van der Waals surface area (Å²) in [6.45, 7) is 11.3. The molecule has 1 N–H and O–H groups in total. The van der Waals surface area contributed by atoms with Gasteiger partial charge in [-0.2, -0.15) is 0 Å². The van der Waals surface area contributed by atoms with Crippen LogP contribution in [-0.4, -0.2) is 41.3 Å². The van der Waals surface area contributed by atoms with Crippen molar-refractivity contribution in [2.45, 2.75) is 58.2 Å². The first kappa shape index (κ1) is 16.8. The van der Waals surface area contributed by atoms with Crippen LogP contribution in [0.1, 0.15) is 40.2 Å². The van der Waals surface area contributed by atoms with Gasteiger partial charge in [0.25, 0.3) is 0 Å². The third-order valence-corrected chi connectivity index (χ3v) is 3.80. The van der Waals surface area contributed by atoms with Crippen LogP contribution in [0, 0.1) is 0 Å². The van der Waals surface area contributed by atoms with Crippen LogP contribution in [0.25, 0.3) is 0 Å². The Labute approximate surface area is 133 Å². The average Bonchev–Trinajstić information content (AvgIpc) is 2.36. The minimum absolute atomic E-state index is 0.0123. The lowest BCUT2D eigenvalue weighted by Gasteiger charge is -2.48. The van der Waals surface area contributed by atoms with Crippen molar-refractivity contribution >= 4 is 6.03 Å². The molecule has 4 heteroatoms. The summed E-state index contributed by atoms with van der Waals surface area (Å²) in [7, 11) is 0. The minimum Gasteiger partial charge on any atom is -0.377 e. The molecule has 1 aromatic carbocycles. The zero-order valence-corrected chi connectivity index (χ0v) is 14.3. The first-order valence-electron chi connectivity index (χ1n) is 7.92. The molecule has 0 aromatic heterocycles. The number of urea groups is 1. The van der Waals surface area contributed by atoms with Crippen molar-refractivity contribution < 1.29 is 9.53 Å². The molecule has 1 unspecified atom stereocenters. The Balaban J connectivity index is 2.20. The molecule has 1 aliphatic heterocycles. The number of amides is 2. The summed E-state index contributed by atoms with van der Waals surface area (Å²) >= 11 is 0. The number of carbonyl (C=O) groups excluding carboxylic acids is 1. The number of nitrogens with one attached hydrogen (secondary N) is 1. The lowest BCUT2D eigenvalue weighted by Crippen LogP contribution is -2.65. The van der Waals surface area contributed by atoms with Gasteiger partial charge in [-0.25, -0.2) is 4.79 Å². The molecule has 1 aromatic rings. The van der Waals surface area contributed by atoms with Crippen molar-refractivity contribution in [1.29, 1.82) is 0 Å². The number of morpholine rings is 1. The molecule has 1 fully saturated rings. The third-order valence-electron chi connectivity index (χ3n) is 3.80. The molecule has 1 heterocycles. The summed E-state index contributed by atoms with van der Waals surface area (Å²) in [4.78, 5) is 14.8. The number of rotatable bonds is 2. The molecule has 1 aliphatic rings. The van der Waals surface area contributed by atoms with Crippen molar-refractivity contribution in [3.8, 4) is 0 Å². The van der Waals surface area contributed by atoms with Crippen LogP contribution < -0.4 is 5.32 Å². The molecular weight excluding hydrogens is 276 g/mol. The first-order chi connectivity index (χ1) is 10.2. The maximum absolute atomic E-state index is 12.8. The highest BCUT2D eigenvalue weighted by atomic mass is 16.5. The summed E-state index contributed by atoms with van der Waals surface area (Å²) in [5.74, 6) is 0. The molecule has 0 aliphatic carbocycles. The van der Waals surface area contributed by atoms with E-state index in [9.17, 15) is 4.79 Å². The number of benzene rings is 1. The highest BCUT2D eigenvalue weighted by Crippen LogP contribution is 2.26. The molecule has 2 amide bonds. The Morgan fingerprint density at radius 3 is 2.55 bits per heavy atom. The summed E-state index contributed by atoms with van der Waals surface area (Å²) < 4.78 is 5.76. The molecule has 1 atom stereocenters. The number of hydrogen-bond donors (Lipinski definition) is 1. The Hall–Kier alpha value is -1.55. The molecule has 2 rings (SSSR count). The number of carbonyl (C=O) groups is 1. The van der Waals surface area contributed by atoms with Crippen molar-refractivity contribution in [1.82, 2.24) is 10.2 Å². The summed E-state index contributed by atoms with van der Waals surface area (Å²) in [6, 6.07) is 10.3. The maximum Gasteiger partial charge on any atom is 0.318 e. The predicted octanol–water partition coefficient (Wildman–Crippen LogP) is 3.22. The molecular formula is C18H28N2O2. The Morgan fingerprint density at radius 1 is 1.32 bits per heavy atom. The van der Waals surface area contributed by atoms with Crippen molar-refractivity contribution in [2.24, 2.45) is 0 Å². The fourth-order valence-corrected chi connectivity index (χ4v) is 2.94. The molecule has 4 nitrogen and oxygen atoms in total. The van der Waals surface area contributed by atoms with E-state index in [1.807, 2.05) is 43.9 Å². The van der Waals surface area contributed by atoms with Gasteiger partial charge >= 0.3 is 6.03 Å². The Kier molecular flexibility index (Phi) is 4.81. The smallest absolute Gasteiger partial charge is 0.318 e. The van der Waals surface area contributed by atoms with Gasteiger partial charge in [-0.1, -0.05) is 30.3 Å².